The maximum atomic E-state index is 15.5. The van der Waals surface area contributed by atoms with Gasteiger partial charge in [-0.15, -0.1) is 0 Å². The number of carbonyl (C=O) groups excluding carboxylic acids is 2. The summed E-state index contributed by atoms with van der Waals surface area (Å²) in [4.78, 5) is 29.2. The lowest BCUT2D eigenvalue weighted by Gasteiger charge is -2.30. The Kier molecular flexibility index (Phi) is 8.12. The van der Waals surface area contributed by atoms with E-state index in [-0.39, 0.29) is 55.1 Å². The van der Waals surface area contributed by atoms with Crippen molar-refractivity contribution in [3.05, 3.63) is 54.1 Å². The van der Waals surface area contributed by atoms with Gasteiger partial charge < -0.3 is 23.6 Å². The molecule has 0 radical (unpaired) electrons. The first-order valence-electron chi connectivity index (χ1n) is 14.1. The molecule has 5 rings (SSSR count). The Bertz CT molecular complexity index is 1190. The van der Waals surface area contributed by atoms with Crippen LogP contribution >= 0.6 is 0 Å². The van der Waals surface area contributed by atoms with E-state index in [4.69, 9.17) is 9.47 Å². The first kappa shape index (κ1) is 27.8. The summed E-state index contributed by atoms with van der Waals surface area (Å²) in [5.74, 6) is 0.552. The number of aryl methyl sites for hydroxylation is 1. The molecule has 3 aliphatic heterocycles. The van der Waals surface area contributed by atoms with E-state index < -0.39 is 14.5 Å². The van der Waals surface area contributed by atoms with Crippen molar-refractivity contribution in [2.45, 2.75) is 75.9 Å². The van der Waals surface area contributed by atoms with E-state index in [0.717, 1.165) is 42.6 Å². The fraction of sp³-hybridized carbons (Fsp3) is 0.533. The van der Waals surface area contributed by atoms with E-state index in [1.54, 1.807) is 22.9 Å². The second-order valence-corrected chi connectivity index (χ2v) is 15.4. The maximum Gasteiger partial charge on any atom is 0.269 e. The second-order valence-electron chi connectivity index (χ2n) is 11.6. The smallest absolute Gasteiger partial charge is 0.269 e. The molecule has 2 aromatic rings. The number of halogens is 1. The van der Waals surface area contributed by atoms with Gasteiger partial charge in [-0.1, -0.05) is 31.2 Å². The predicted molar refractivity (Wildman–Crippen MR) is 150 cm³/mol. The molecule has 1 N–H and O–H groups in total. The van der Waals surface area contributed by atoms with Crippen molar-refractivity contribution < 1.29 is 28.3 Å². The lowest BCUT2D eigenvalue weighted by atomic mass is 9.95. The molecule has 0 saturated carbocycles. The van der Waals surface area contributed by atoms with Crippen molar-refractivity contribution in [2.24, 2.45) is 5.92 Å². The largest absolute Gasteiger partial charge is 0.482 e. The first-order valence-corrected chi connectivity index (χ1v) is 17.0. The number of para-hydroxylation sites is 2. The van der Waals surface area contributed by atoms with Crippen LogP contribution in [0.25, 0.3) is 0 Å². The fourth-order valence-corrected chi connectivity index (χ4v) is 9.27. The highest BCUT2D eigenvalue weighted by atomic mass is 28.4. The van der Waals surface area contributed by atoms with Crippen LogP contribution in [0.4, 0.5) is 15.5 Å². The molecule has 7 nitrogen and oxygen atoms in total. The zero-order valence-corrected chi connectivity index (χ0v) is 24.0. The fourth-order valence-electron chi connectivity index (χ4n) is 6.73. The molecule has 2 aromatic carbocycles. The summed E-state index contributed by atoms with van der Waals surface area (Å²) in [5, 5.41) is 9.63. The Morgan fingerprint density at radius 1 is 1.13 bits per heavy atom. The molecule has 2 amide bonds. The van der Waals surface area contributed by atoms with Crippen molar-refractivity contribution in [2.75, 3.05) is 24.7 Å². The van der Waals surface area contributed by atoms with Crippen LogP contribution in [0.5, 0.6) is 5.75 Å². The Balaban J connectivity index is 1.24. The summed E-state index contributed by atoms with van der Waals surface area (Å²) in [7, 11) is -3.09. The molecule has 0 aromatic heterocycles. The minimum absolute atomic E-state index is 0.00710. The van der Waals surface area contributed by atoms with Crippen molar-refractivity contribution in [1.82, 2.24) is 4.90 Å². The Morgan fingerprint density at radius 3 is 2.59 bits per heavy atom. The highest BCUT2D eigenvalue weighted by Crippen LogP contribution is 2.47. The van der Waals surface area contributed by atoms with Gasteiger partial charge in [0.25, 0.3) is 5.91 Å². The summed E-state index contributed by atoms with van der Waals surface area (Å²) < 4.78 is 27.5. The van der Waals surface area contributed by atoms with E-state index in [1.807, 2.05) is 48.5 Å². The van der Waals surface area contributed by atoms with Gasteiger partial charge >= 0.3 is 0 Å². The standard InChI is InChI=1S/C30H39FN2O5Si/c1-20-25(38-27(30(20)39(2,3)31)17-28(35)32-16-6-7-23(32)18-34)15-12-21-10-13-22(14-11-21)33-24-8-4-5-9-26(24)37-19-29(33)36/h4-5,8-11,13-14,20,23,25,27,30,34H,6-7,12,15-19H2,1-3H3/t20-,23+,25+,27-,30+/m1/s1. The number of rotatable bonds is 8. The number of carbonyl (C=O) groups is 2. The lowest BCUT2D eigenvalue weighted by molar-refractivity contribution is -0.135. The van der Waals surface area contributed by atoms with Crippen LogP contribution in [0, 0.1) is 5.92 Å². The number of fused-ring (bicyclic) bond motifs is 1. The van der Waals surface area contributed by atoms with Crippen molar-refractivity contribution in [3.63, 3.8) is 0 Å². The summed E-state index contributed by atoms with van der Waals surface area (Å²) in [6.07, 6.45) is 2.79. The molecule has 3 heterocycles. The zero-order valence-electron chi connectivity index (χ0n) is 23.0. The Morgan fingerprint density at radius 2 is 1.87 bits per heavy atom. The van der Waals surface area contributed by atoms with E-state index in [1.165, 1.54) is 0 Å². The number of aliphatic hydroxyl groups excluding tert-OH is 1. The molecule has 210 valence electrons. The molecule has 3 aliphatic rings. The van der Waals surface area contributed by atoms with Crippen LogP contribution < -0.4 is 9.64 Å². The molecule has 5 atom stereocenters. The van der Waals surface area contributed by atoms with Crippen LogP contribution in [0.15, 0.2) is 48.5 Å². The number of hydrogen-bond donors (Lipinski definition) is 1. The number of ether oxygens (including phenoxy) is 2. The zero-order chi connectivity index (χ0) is 27.7. The van der Waals surface area contributed by atoms with Gasteiger partial charge in [0.1, 0.15) is 5.75 Å². The SMILES string of the molecule is C[C@H]1[C@H]([Si](C)(C)F)[C@@H](CC(=O)N2CCC[C@H]2CO)O[C@H]1CCc1ccc(N2C(=O)COc3ccccc32)cc1. The van der Waals surface area contributed by atoms with Crippen molar-refractivity contribution in [1.29, 1.82) is 0 Å². The number of hydrogen-bond acceptors (Lipinski definition) is 5. The van der Waals surface area contributed by atoms with Gasteiger partial charge in [-0.05, 0) is 74.5 Å². The minimum atomic E-state index is -3.09. The van der Waals surface area contributed by atoms with Crippen molar-refractivity contribution >= 4 is 31.6 Å². The Labute approximate surface area is 231 Å². The van der Waals surface area contributed by atoms with Gasteiger partial charge in [0.05, 0.1) is 37.0 Å². The summed E-state index contributed by atoms with van der Waals surface area (Å²) in [5.41, 5.74) is 2.38. The van der Waals surface area contributed by atoms with Crippen LogP contribution in [-0.2, 0) is 20.7 Å². The van der Waals surface area contributed by atoms with Gasteiger partial charge in [-0.25, -0.2) is 0 Å². The number of likely N-dealkylation sites (tertiary alicyclic amines) is 1. The molecular formula is C30H39FN2O5Si. The molecule has 2 saturated heterocycles. The third-order valence-electron chi connectivity index (χ3n) is 8.60. The number of anilines is 2. The third kappa shape index (κ3) is 5.76. The number of nitrogens with zero attached hydrogens (tertiary/aromatic N) is 2. The molecule has 0 unspecified atom stereocenters. The van der Waals surface area contributed by atoms with Gasteiger partial charge in [-0.2, -0.15) is 0 Å². The molecule has 9 heteroatoms. The summed E-state index contributed by atoms with van der Waals surface area (Å²) in [6, 6.07) is 15.3. The molecular weight excluding hydrogens is 515 g/mol. The van der Waals surface area contributed by atoms with Gasteiger partial charge in [0.15, 0.2) is 6.61 Å². The normalized spacial score (nSPS) is 27.0. The van der Waals surface area contributed by atoms with Crippen LogP contribution in [0.1, 0.15) is 38.2 Å². The van der Waals surface area contributed by atoms with Crippen molar-refractivity contribution in [3.8, 4) is 5.75 Å². The van der Waals surface area contributed by atoms with Gasteiger partial charge in [0.2, 0.25) is 14.3 Å². The predicted octanol–water partition coefficient (Wildman–Crippen LogP) is 5.00. The monoisotopic (exact) mass is 554 g/mol. The molecule has 0 aliphatic carbocycles. The maximum absolute atomic E-state index is 15.5. The highest BCUT2D eigenvalue weighted by molar-refractivity contribution is 6.72. The molecule has 0 spiro atoms. The number of benzene rings is 2. The third-order valence-corrected chi connectivity index (χ3v) is 11.1. The molecule has 39 heavy (non-hydrogen) atoms. The van der Waals surface area contributed by atoms with Crippen LogP contribution in [0.3, 0.4) is 0 Å². The second kappa shape index (κ2) is 11.4. The lowest BCUT2D eigenvalue weighted by Crippen LogP contribution is -2.42. The minimum Gasteiger partial charge on any atom is -0.482 e. The van der Waals surface area contributed by atoms with E-state index in [0.29, 0.717) is 12.3 Å². The topological polar surface area (TPSA) is 79.3 Å². The van der Waals surface area contributed by atoms with Crippen LogP contribution in [0.2, 0.25) is 18.6 Å². The average Bonchev–Trinajstić information content (AvgIpc) is 3.52. The van der Waals surface area contributed by atoms with E-state index in [9.17, 15) is 14.7 Å². The molecule has 2 fully saturated rings. The van der Waals surface area contributed by atoms with E-state index in [2.05, 4.69) is 6.92 Å². The average molecular weight is 555 g/mol. The quantitative estimate of drug-likeness (QED) is 0.367. The highest BCUT2D eigenvalue weighted by Gasteiger charge is 2.52. The first-order chi connectivity index (χ1) is 18.7. The summed E-state index contributed by atoms with van der Waals surface area (Å²) in [6.45, 7) is 6.11. The van der Waals surface area contributed by atoms with E-state index >= 15 is 4.11 Å². The van der Waals surface area contributed by atoms with Gasteiger partial charge in [-0.3, -0.25) is 14.5 Å². The number of aliphatic hydroxyl groups is 1. The van der Waals surface area contributed by atoms with Gasteiger partial charge in [0, 0.05) is 17.8 Å². The Hall–Kier alpha value is -2.75. The van der Waals surface area contributed by atoms with Crippen LogP contribution in [-0.4, -0.2) is 68.2 Å². The molecule has 0 bridgehead atoms. The number of amides is 2. The summed E-state index contributed by atoms with van der Waals surface area (Å²) >= 11 is 0.